The zero-order valence-corrected chi connectivity index (χ0v) is 15.9. The lowest BCUT2D eigenvalue weighted by molar-refractivity contribution is 0.0961. The van der Waals surface area contributed by atoms with Gasteiger partial charge in [-0.05, 0) is 38.3 Å². The third-order valence-electron chi connectivity index (χ3n) is 3.59. The molecule has 1 amide bonds. The van der Waals surface area contributed by atoms with Gasteiger partial charge in [-0.2, -0.15) is 4.99 Å². The Balaban J connectivity index is 2.06. The molecule has 0 aliphatic rings. The maximum atomic E-state index is 12.4. The molecule has 0 radical (unpaired) electrons. The van der Waals surface area contributed by atoms with Crippen LogP contribution in [0.15, 0.2) is 38.7 Å². The van der Waals surface area contributed by atoms with Crippen LogP contribution in [0.2, 0.25) is 0 Å². The van der Waals surface area contributed by atoms with Crippen molar-refractivity contribution in [1.82, 2.24) is 9.72 Å². The molecule has 0 aliphatic carbocycles. The molecule has 0 saturated carbocycles. The van der Waals surface area contributed by atoms with E-state index in [9.17, 15) is 4.79 Å². The summed E-state index contributed by atoms with van der Waals surface area (Å²) in [4.78, 5) is 18.4. The molecular formula is C17H19N3O3S2. The van der Waals surface area contributed by atoms with Crippen LogP contribution in [0.25, 0.3) is 10.2 Å². The number of thiazole rings is 1. The summed E-state index contributed by atoms with van der Waals surface area (Å²) >= 11 is 3.17. The number of carbonyl (C=O) groups excluding carboxylic acids is 1. The van der Waals surface area contributed by atoms with Crippen LogP contribution in [0.5, 0.6) is 0 Å². The minimum atomic E-state index is -0.428. The predicted octanol–water partition coefficient (Wildman–Crippen LogP) is 3.50. The number of amides is 1. The molecule has 0 bridgehead atoms. The lowest BCUT2D eigenvalue weighted by atomic mass is 10.3. The smallest absolute Gasteiger partial charge is 0.318 e. The second kappa shape index (κ2) is 7.99. The molecule has 2 heterocycles. The fourth-order valence-corrected chi connectivity index (χ4v) is 4.00. The van der Waals surface area contributed by atoms with Crippen molar-refractivity contribution in [2.45, 2.75) is 25.3 Å². The number of ether oxygens (including phenoxy) is 1. The van der Waals surface area contributed by atoms with E-state index in [0.717, 1.165) is 10.2 Å². The number of hydrogen-bond acceptors (Lipinski definition) is 6. The zero-order valence-electron chi connectivity index (χ0n) is 14.3. The maximum absolute atomic E-state index is 12.4. The highest BCUT2D eigenvalue weighted by molar-refractivity contribution is 7.98. The van der Waals surface area contributed by atoms with Crippen LogP contribution in [0.3, 0.4) is 0 Å². The van der Waals surface area contributed by atoms with E-state index in [1.165, 1.54) is 16.2 Å². The van der Waals surface area contributed by atoms with E-state index in [-0.39, 0.29) is 5.76 Å². The predicted molar refractivity (Wildman–Crippen MR) is 99.2 cm³/mol. The summed E-state index contributed by atoms with van der Waals surface area (Å²) in [6, 6.07) is 7.84. The Morgan fingerprint density at radius 2 is 2.28 bits per heavy atom. The first-order valence-electron chi connectivity index (χ1n) is 7.90. The lowest BCUT2D eigenvalue weighted by Crippen LogP contribution is -2.19. The van der Waals surface area contributed by atoms with E-state index in [1.54, 1.807) is 24.8 Å². The van der Waals surface area contributed by atoms with Crippen LogP contribution >= 0.6 is 23.1 Å². The zero-order chi connectivity index (χ0) is 17.8. The summed E-state index contributed by atoms with van der Waals surface area (Å²) in [5, 5.41) is 3.75. The number of aryl methyl sites for hydroxylation is 1. The summed E-state index contributed by atoms with van der Waals surface area (Å²) in [5.74, 6) is -0.279. The van der Waals surface area contributed by atoms with Gasteiger partial charge in [0, 0.05) is 24.1 Å². The van der Waals surface area contributed by atoms with Crippen molar-refractivity contribution in [3.63, 3.8) is 0 Å². The number of hydrogen-bond donors (Lipinski definition) is 0. The largest absolute Gasteiger partial charge is 0.380 e. The number of rotatable bonds is 6. The molecule has 0 atom stereocenters. The van der Waals surface area contributed by atoms with Crippen LogP contribution in [-0.4, -0.2) is 35.1 Å². The Morgan fingerprint density at radius 3 is 2.96 bits per heavy atom. The molecule has 0 saturated heterocycles. The van der Waals surface area contributed by atoms with Crippen molar-refractivity contribution < 1.29 is 14.1 Å². The molecule has 0 spiro atoms. The van der Waals surface area contributed by atoms with E-state index in [4.69, 9.17) is 9.26 Å². The molecule has 0 N–H and O–H groups in total. The van der Waals surface area contributed by atoms with Crippen LogP contribution in [0, 0.1) is 6.92 Å². The first-order chi connectivity index (χ1) is 12.1. The summed E-state index contributed by atoms with van der Waals surface area (Å²) < 4.78 is 13.6. The van der Waals surface area contributed by atoms with Gasteiger partial charge < -0.3 is 13.8 Å². The molecule has 25 heavy (non-hydrogen) atoms. The van der Waals surface area contributed by atoms with Gasteiger partial charge in [0.25, 0.3) is 0 Å². The van der Waals surface area contributed by atoms with Crippen LogP contribution in [0.1, 0.15) is 23.2 Å². The average molecular weight is 377 g/mol. The summed E-state index contributed by atoms with van der Waals surface area (Å²) in [6.07, 6.45) is 2.04. The van der Waals surface area contributed by atoms with Gasteiger partial charge in [-0.25, -0.2) is 0 Å². The second-order valence-corrected chi connectivity index (χ2v) is 7.21. The Labute approximate surface area is 153 Å². The Hall–Kier alpha value is -1.90. The van der Waals surface area contributed by atoms with E-state index < -0.39 is 5.91 Å². The molecule has 0 fully saturated rings. The monoisotopic (exact) mass is 377 g/mol. The minimum absolute atomic E-state index is 0.149. The lowest BCUT2D eigenvalue weighted by Gasteiger charge is -2.05. The van der Waals surface area contributed by atoms with Crippen molar-refractivity contribution >= 4 is 39.2 Å². The van der Waals surface area contributed by atoms with Gasteiger partial charge in [0.2, 0.25) is 5.76 Å². The molecule has 1 aromatic carbocycles. The quantitative estimate of drug-likeness (QED) is 0.486. The van der Waals surface area contributed by atoms with Gasteiger partial charge in [0.05, 0.1) is 22.5 Å². The standard InChI is InChI=1S/C17H19N3O3S2/c1-4-22-8-7-20-13-6-5-12(24-3)10-15(13)25-17(20)18-16(21)14-9-11(2)19-23-14/h5-6,9-10H,4,7-8H2,1-3H3. The first kappa shape index (κ1) is 17.9. The van der Waals surface area contributed by atoms with Gasteiger partial charge >= 0.3 is 5.91 Å². The highest BCUT2D eigenvalue weighted by Crippen LogP contribution is 2.24. The highest BCUT2D eigenvalue weighted by Gasteiger charge is 2.13. The molecule has 3 aromatic rings. The third kappa shape index (κ3) is 4.02. The van der Waals surface area contributed by atoms with E-state index in [1.807, 2.05) is 17.7 Å². The summed E-state index contributed by atoms with van der Waals surface area (Å²) in [5.41, 5.74) is 1.70. The van der Waals surface area contributed by atoms with Gasteiger partial charge in [-0.15, -0.1) is 11.8 Å². The van der Waals surface area contributed by atoms with Gasteiger partial charge in [0.1, 0.15) is 0 Å². The SMILES string of the molecule is CCOCCn1c(=NC(=O)c2cc(C)no2)sc2cc(SC)ccc21. The number of fused-ring (bicyclic) bond motifs is 1. The first-order valence-corrected chi connectivity index (χ1v) is 9.94. The average Bonchev–Trinajstić information content (AvgIpc) is 3.18. The second-order valence-electron chi connectivity index (χ2n) is 5.32. The summed E-state index contributed by atoms with van der Waals surface area (Å²) in [7, 11) is 0. The van der Waals surface area contributed by atoms with E-state index in [0.29, 0.717) is 30.3 Å². The fourth-order valence-electron chi connectivity index (χ4n) is 2.39. The minimum Gasteiger partial charge on any atom is -0.380 e. The molecule has 0 unspecified atom stereocenters. The van der Waals surface area contributed by atoms with Gasteiger partial charge in [-0.3, -0.25) is 4.79 Å². The molecule has 6 nitrogen and oxygen atoms in total. The Kier molecular flexibility index (Phi) is 5.72. The Bertz CT molecular complexity index is 956. The number of benzene rings is 1. The van der Waals surface area contributed by atoms with Gasteiger partial charge in [-0.1, -0.05) is 16.5 Å². The van der Waals surface area contributed by atoms with Crippen molar-refractivity contribution in [1.29, 1.82) is 0 Å². The van der Waals surface area contributed by atoms with Crippen LogP contribution < -0.4 is 4.80 Å². The van der Waals surface area contributed by atoms with E-state index in [2.05, 4.69) is 28.3 Å². The molecule has 2 aromatic heterocycles. The van der Waals surface area contributed by atoms with Crippen LogP contribution in [-0.2, 0) is 11.3 Å². The molecule has 8 heteroatoms. The molecular weight excluding hydrogens is 358 g/mol. The number of thioether (sulfide) groups is 1. The van der Waals surface area contributed by atoms with Crippen molar-refractivity contribution in [3.8, 4) is 0 Å². The topological polar surface area (TPSA) is 69.6 Å². The normalized spacial score (nSPS) is 12.2. The number of carbonyl (C=O) groups is 1. The Morgan fingerprint density at radius 1 is 1.44 bits per heavy atom. The van der Waals surface area contributed by atoms with Crippen molar-refractivity contribution in [2.75, 3.05) is 19.5 Å². The molecule has 0 aliphatic heterocycles. The molecule has 3 rings (SSSR count). The van der Waals surface area contributed by atoms with Gasteiger partial charge in [0.15, 0.2) is 4.80 Å². The highest BCUT2D eigenvalue weighted by atomic mass is 32.2. The van der Waals surface area contributed by atoms with Crippen LogP contribution in [0.4, 0.5) is 0 Å². The summed E-state index contributed by atoms with van der Waals surface area (Å²) in [6.45, 7) is 5.58. The van der Waals surface area contributed by atoms with Crippen molar-refractivity contribution in [3.05, 3.63) is 40.5 Å². The third-order valence-corrected chi connectivity index (χ3v) is 5.36. The number of nitrogens with zero attached hydrogens (tertiary/aromatic N) is 3. The van der Waals surface area contributed by atoms with E-state index >= 15 is 0 Å². The maximum Gasteiger partial charge on any atom is 0.318 e. The van der Waals surface area contributed by atoms with Crippen molar-refractivity contribution in [2.24, 2.45) is 4.99 Å². The number of aromatic nitrogens is 2. The fraction of sp³-hybridized carbons (Fsp3) is 0.353. The molecule has 132 valence electrons.